The molecule has 0 spiro atoms. The van der Waals surface area contributed by atoms with Crippen LogP contribution >= 0.6 is 0 Å². The van der Waals surface area contributed by atoms with E-state index in [-0.39, 0.29) is 23.6 Å². The molecule has 2 rings (SSSR count). The molecule has 2 N–H and O–H groups in total. The average molecular weight is 401 g/mol. The molecule has 0 atom stereocenters. The van der Waals surface area contributed by atoms with E-state index in [4.69, 9.17) is 9.84 Å². The molecule has 0 fully saturated rings. The highest BCUT2D eigenvalue weighted by Crippen LogP contribution is 2.18. The number of benzene rings is 2. The molecule has 0 radical (unpaired) electrons. The topological polar surface area (TPSA) is 110 Å². The van der Waals surface area contributed by atoms with Gasteiger partial charge in [-0.2, -0.15) is 0 Å². The van der Waals surface area contributed by atoms with Crippen LogP contribution in [0.2, 0.25) is 0 Å². The minimum absolute atomic E-state index is 0.0251. The third kappa shape index (κ3) is 6.14. The van der Waals surface area contributed by atoms with Crippen LogP contribution in [0, 0.1) is 11.8 Å². The highest BCUT2D eigenvalue weighted by atomic mass is 32.2. The van der Waals surface area contributed by atoms with E-state index in [1.165, 1.54) is 36.4 Å². The van der Waals surface area contributed by atoms with E-state index >= 15 is 0 Å². The van der Waals surface area contributed by atoms with Crippen LogP contribution < -0.4 is 10.1 Å². The number of hydrogen-bond acceptors (Lipinski definition) is 5. The summed E-state index contributed by atoms with van der Waals surface area (Å²) in [5.74, 6) is 4.70. The Morgan fingerprint density at radius 3 is 2.29 bits per heavy atom. The summed E-state index contributed by atoms with van der Waals surface area (Å²) >= 11 is 0. The van der Waals surface area contributed by atoms with Crippen LogP contribution in [0.25, 0.3) is 0 Å². The van der Waals surface area contributed by atoms with Gasteiger partial charge in [-0.3, -0.25) is 4.79 Å². The van der Waals surface area contributed by atoms with Crippen LogP contribution in [0.15, 0.2) is 53.4 Å². The molecule has 0 aliphatic heterocycles. The summed E-state index contributed by atoms with van der Waals surface area (Å²) in [6, 6.07) is 11.9. The van der Waals surface area contributed by atoms with Gasteiger partial charge in [-0.25, -0.2) is 13.2 Å². The lowest BCUT2D eigenvalue weighted by molar-refractivity contribution is 0.102. The van der Waals surface area contributed by atoms with Crippen LogP contribution in [0.4, 0.5) is 4.79 Å². The van der Waals surface area contributed by atoms with Crippen molar-refractivity contribution in [3.8, 4) is 17.6 Å². The van der Waals surface area contributed by atoms with E-state index in [2.05, 4.69) is 17.2 Å². The van der Waals surface area contributed by atoms with Crippen molar-refractivity contribution < 1.29 is 27.9 Å². The maximum atomic E-state index is 12.5. The quantitative estimate of drug-likeness (QED) is 0.520. The molecule has 0 aromatic heterocycles. The van der Waals surface area contributed by atoms with Gasteiger partial charge in [0.25, 0.3) is 0 Å². The maximum Gasteiger partial charge on any atom is 0.404 e. The number of carbonyl (C=O) groups excluding carboxylic acids is 1. The lowest BCUT2D eigenvalue weighted by Gasteiger charge is -2.07. The minimum atomic E-state index is -3.80. The molecule has 0 saturated carbocycles. The first-order valence-corrected chi connectivity index (χ1v) is 9.91. The number of hydrogen-bond donors (Lipinski definition) is 2. The third-order valence-corrected chi connectivity index (χ3v) is 5.34. The zero-order valence-corrected chi connectivity index (χ0v) is 16.0. The average Bonchev–Trinajstić information content (AvgIpc) is 2.67. The Bertz CT molecular complexity index is 999. The van der Waals surface area contributed by atoms with Gasteiger partial charge >= 0.3 is 6.09 Å². The molecule has 0 aliphatic carbocycles. The number of ketones is 1. The standard InChI is InChI=1S/C20H19NO6S/c1-2-3-12-27-17-8-10-18(11-9-17)28(25,26)14-19(22)16-6-4-15(5-7-16)13-21-20(23)24/h4-11,21H,12-14H2,1H3,(H,23,24). The highest BCUT2D eigenvalue weighted by Gasteiger charge is 2.20. The monoisotopic (exact) mass is 401 g/mol. The molecular weight excluding hydrogens is 382 g/mol. The molecule has 28 heavy (non-hydrogen) atoms. The summed E-state index contributed by atoms with van der Waals surface area (Å²) in [5, 5.41) is 10.8. The SMILES string of the molecule is CC#CCOc1ccc(S(=O)(=O)CC(=O)c2ccc(CNC(=O)O)cc2)cc1. The largest absolute Gasteiger partial charge is 0.481 e. The summed E-state index contributed by atoms with van der Waals surface area (Å²) in [6.45, 7) is 2.00. The molecule has 0 bridgehead atoms. The second kappa shape index (κ2) is 9.58. The first-order valence-electron chi connectivity index (χ1n) is 8.26. The summed E-state index contributed by atoms with van der Waals surface area (Å²) in [6.07, 6.45) is -1.15. The summed E-state index contributed by atoms with van der Waals surface area (Å²) < 4.78 is 30.3. The number of carbonyl (C=O) groups is 2. The van der Waals surface area contributed by atoms with E-state index in [0.29, 0.717) is 11.3 Å². The molecule has 0 unspecified atom stereocenters. The van der Waals surface area contributed by atoms with E-state index in [1.807, 2.05) is 0 Å². The Hall–Kier alpha value is -3.31. The predicted molar refractivity (Wildman–Crippen MR) is 103 cm³/mol. The lowest BCUT2D eigenvalue weighted by Crippen LogP contribution is -2.20. The molecule has 1 amide bonds. The number of nitrogens with one attached hydrogen (secondary N) is 1. The summed E-state index contributed by atoms with van der Waals surface area (Å²) in [4.78, 5) is 22.8. The molecule has 7 nitrogen and oxygen atoms in total. The third-order valence-electron chi connectivity index (χ3n) is 3.71. The van der Waals surface area contributed by atoms with Crippen molar-refractivity contribution in [2.24, 2.45) is 0 Å². The van der Waals surface area contributed by atoms with Gasteiger partial charge in [0.15, 0.2) is 15.6 Å². The summed E-state index contributed by atoms with van der Waals surface area (Å²) in [5.41, 5.74) is 0.894. The van der Waals surface area contributed by atoms with Crippen LogP contribution in [-0.2, 0) is 16.4 Å². The van der Waals surface area contributed by atoms with Gasteiger partial charge in [-0.15, -0.1) is 5.92 Å². The van der Waals surface area contributed by atoms with E-state index in [1.54, 1.807) is 19.1 Å². The fourth-order valence-corrected chi connectivity index (χ4v) is 3.49. The Morgan fingerprint density at radius 2 is 1.71 bits per heavy atom. The number of ether oxygens (including phenoxy) is 1. The number of rotatable bonds is 8. The zero-order chi connectivity index (χ0) is 20.6. The minimum Gasteiger partial charge on any atom is -0.481 e. The molecule has 8 heteroatoms. The van der Waals surface area contributed by atoms with Crippen molar-refractivity contribution in [1.29, 1.82) is 0 Å². The normalized spacial score (nSPS) is 10.5. The van der Waals surface area contributed by atoms with Crippen LogP contribution in [0.5, 0.6) is 5.75 Å². The van der Waals surface area contributed by atoms with Gasteiger partial charge in [0.05, 0.1) is 4.90 Å². The van der Waals surface area contributed by atoms with Crippen molar-refractivity contribution in [1.82, 2.24) is 5.32 Å². The first-order chi connectivity index (χ1) is 13.3. The zero-order valence-electron chi connectivity index (χ0n) is 15.1. The van der Waals surface area contributed by atoms with Gasteiger partial charge in [0.2, 0.25) is 0 Å². The van der Waals surface area contributed by atoms with Gasteiger partial charge in [-0.05, 0) is 36.8 Å². The van der Waals surface area contributed by atoms with Gasteiger partial charge < -0.3 is 15.2 Å². The van der Waals surface area contributed by atoms with Gasteiger partial charge in [-0.1, -0.05) is 30.2 Å². The number of amides is 1. The molecule has 0 heterocycles. The smallest absolute Gasteiger partial charge is 0.404 e. The molecule has 146 valence electrons. The Kier molecular flexibility index (Phi) is 7.18. The van der Waals surface area contributed by atoms with Crippen molar-refractivity contribution in [2.45, 2.75) is 18.4 Å². The molecule has 0 saturated heterocycles. The second-order valence-electron chi connectivity index (χ2n) is 5.72. The molecule has 2 aromatic rings. The lowest BCUT2D eigenvalue weighted by atomic mass is 10.1. The number of carboxylic acid groups (broad SMARTS) is 1. The molecule has 0 aliphatic rings. The maximum absolute atomic E-state index is 12.5. The second-order valence-corrected chi connectivity index (χ2v) is 7.71. The fraction of sp³-hybridized carbons (Fsp3) is 0.200. The van der Waals surface area contributed by atoms with Crippen LogP contribution in [0.1, 0.15) is 22.8 Å². The fourth-order valence-electron chi connectivity index (χ4n) is 2.26. The van der Waals surface area contributed by atoms with Crippen molar-refractivity contribution >= 4 is 21.7 Å². The van der Waals surface area contributed by atoms with E-state index < -0.39 is 27.5 Å². The summed E-state index contributed by atoms with van der Waals surface area (Å²) in [7, 11) is -3.80. The van der Waals surface area contributed by atoms with E-state index in [0.717, 1.165) is 0 Å². The van der Waals surface area contributed by atoms with Crippen molar-refractivity contribution in [3.05, 3.63) is 59.7 Å². The van der Waals surface area contributed by atoms with Crippen LogP contribution in [-0.4, -0.2) is 37.8 Å². The van der Waals surface area contributed by atoms with Crippen molar-refractivity contribution in [2.75, 3.05) is 12.4 Å². The predicted octanol–water partition coefficient (Wildman–Crippen LogP) is 2.51. The Morgan fingerprint density at radius 1 is 1.07 bits per heavy atom. The molecular formula is C20H19NO6S. The Balaban J connectivity index is 2.03. The van der Waals surface area contributed by atoms with Gasteiger partial charge in [0.1, 0.15) is 18.1 Å². The van der Waals surface area contributed by atoms with E-state index in [9.17, 15) is 18.0 Å². The van der Waals surface area contributed by atoms with Gasteiger partial charge in [0, 0.05) is 12.1 Å². The Labute approximate surface area is 163 Å². The molecule has 2 aromatic carbocycles. The number of sulfone groups is 1. The van der Waals surface area contributed by atoms with Crippen LogP contribution in [0.3, 0.4) is 0 Å². The highest BCUT2D eigenvalue weighted by molar-refractivity contribution is 7.92. The first kappa shape index (κ1) is 21.0. The van der Waals surface area contributed by atoms with Crippen molar-refractivity contribution in [3.63, 3.8) is 0 Å². The number of Topliss-reactive ketones (excluding diaryl/α,β-unsaturated/α-hetero) is 1.